The second-order valence-corrected chi connectivity index (χ2v) is 6.46. The van der Waals surface area contributed by atoms with Crippen molar-refractivity contribution in [1.29, 1.82) is 0 Å². The molecule has 0 saturated heterocycles. The molecule has 124 valence electrons. The highest BCUT2D eigenvalue weighted by Crippen LogP contribution is 2.25. The van der Waals surface area contributed by atoms with Crippen LogP contribution in [0.2, 0.25) is 0 Å². The van der Waals surface area contributed by atoms with Gasteiger partial charge in [0.2, 0.25) is 0 Å². The van der Waals surface area contributed by atoms with Crippen LogP contribution in [0.4, 0.5) is 0 Å². The minimum absolute atomic E-state index is 0.234. The lowest BCUT2D eigenvalue weighted by Crippen LogP contribution is -2.04. The normalized spacial score (nSPS) is 10.9. The van der Waals surface area contributed by atoms with E-state index < -0.39 is 0 Å². The van der Waals surface area contributed by atoms with Crippen LogP contribution in [0.3, 0.4) is 0 Å². The number of aromatic nitrogens is 4. The lowest BCUT2D eigenvalue weighted by atomic mass is 10.2. The van der Waals surface area contributed by atoms with Crippen LogP contribution in [-0.2, 0) is 6.54 Å². The smallest absolute Gasteiger partial charge is 0.191 e. The summed E-state index contributed by atoms with van der Waals surface area (Å²) in [5.74, 6) is 1.75. The number of thioether (sulfide) groups is 1. The van der Waals surface area contributed by atoms with E-state index in [0.717, 1.165) is 41.7 Å². The minimum atomic E-state index is 0.234. The van der Waals surface area contributed by atoms with E-state index in [0.29, 0.717) is 0 Å². The van der Waals surface area contributed by atoms with E-state index in [1.165, 1.54) is 5.56 Å². The Bertz CT molecular complexity index is 746. The molecule has 2 aromatic heterocycles. The average molecular weight is 340 g/mol. The third-order valence-electron chi connectivity index (χ3n) is 3.60. The summed E-state index contributed by atoms with van der Waals surface area (Å²) in [4.78, 5) is 4.19. The molecule has 1 aromatic carbocycles. The highest BCUT2D eigenvalue weighted by Gasteiger charge is 2.14. The summed E-state index contributed by atoms with van der Waals surface area (Å²) in [5, 5.41) is 18.6. The first-order chi connectivity index (χ1) is 11.9. The maximum absolute atomic E-state index is 8.92. The Labute approximate surface area is 145 Å². The van der Waals surface area contributed by atoms with Gasteiger partial charge in [-0.15, -0.1) is 10.2 Å². The zero-order chi connectivity index (χ0) is 16.6. The Hall–Kier alpha value is -2.18. The van der Waals surface area contributed by atoms with Crippen LogP contribution in [0, 0.1) is 0 Å². The molecule has 1 N–H and O–H groups in total. The maximum atomic E-state index is 8.92. The van der Waals surface area contributed by atoms with Gasteiger partial charge in [-0.25, -0.2) is 0 Å². The van der Waals surface area contributed by atoms with Crippen molar-refractivity contribution in [3.05, 3.63) is 60.4 Å². The van der Waals surface area contributed by atoms with Crippen molar-refractivity contribution < 1.29 is 5.11 Å². The molecule has 0 unspecified atom stereocenters. The van der Waals surface area contributed by atoms with Crippen LogP contribution >= 0.6 is 11.8 Å². The molecule has 2 heterocycles. The number of benzene rings is 1. The average Bonchev–Trinajstić information content (AvgIpc) is 3.03. The van der Waals surface area contributed by atoms with E-state index >= 15 is 0 Å². The first-order valence-corrected chi connectivity index (χ1v) is 8.98. The molecule has 0 aliphatic carbocycles. The third-order valence-corrected chi connectivity index (χ3v) is 4.66. The van der Waals surface area contributed by atoms with E-state index in [4.69, 9.17) is 5.11 Å². The van der Waals surface area contributed by atoms with Crippen LogP contribution in [0.15, 0.2) is 60.0 Å². The van der Waals surface area contributed by atoms with Gasteiger partial charge in [-0.05, 0) is 30.5 Å². The minimum Gasteiger partial charge on any atom is -0.396 e. The Morgan fingerprint density at radius 3 is 2.62 bits per heavy atom. The molecule has 0 fully saturated rings. The number of hydrogen-bond acceptors (Lipinski definition) is 5. The first-order valence-electron chi connectivity index (χ1n) is 7.99. The predicted molar refractivity (Wildman–Crippen MR) is 95.8 cm³/mol. The topological polar surface area (TPSA) is 63.8 Å². The van der Waals surface area contributed by atoms with Gasteiger partial charge in [-0.2, -0.15) is 0 Å². The van der Waals surface area contributed by atoms with Gasteiger partial charge in [0.15, 0.2) is 11.0 Å². The van der Waals surface area contributed by atoms with Crippen LogP contribution < -0.4 is 0 Å². The summed E-state index contributed by atoms with van der Waals surface area (Å²) < 4.78 is 2.13. The summed E-state index contributed by atoms with van der Waals surface area (Å²) in [6, 6.07) is 14.2. The van der Waals surface area contributed by atoms with Gasteiger partial charge in [-0.3, -0.25) is 9.55 Å². The quantitative estimate of drug-likeness (QED) is 0.504. The lowest BCUT2D eigenvalue weighted by Gasteiger charge is -2.10. The SMILES string of the molecule is OCCCCSc1nnc(-c2cccnc2)n1Cc1ccccc1. The summed E-state index contributed by atoms with van der Waals surface area (Å²) in [6.07, 6.45) is 5.34. The molecule has 5 nitrogen and oxygen atoms in total. The monoisotopic (exact) mass is 340 g/mol. The van der Waals surface area contributed by atoms with Gasteiger partial charge in [-0.1, -0.05) is 42.1 Å². The van der Waals surface area contributed by atoms with E-state index in [-0.39, 0.29) is 6.61 Å². The summed E-state index contributed by atoms with van der Waals surface area (Å²) in [5.41, 5.74) is 2.17. The van der Waals surface area contributed by atoms with Crippen LogP contribution in [0.5, 0.6) is 0 Å². The van der Waals surface area contributed by atoms with Crippen molar-refractivity contribution in [1.82, 2.24) is 19.7 Å². The maximum Gasteiger partial charge on any atom is 0.191 e. The third kappa shape index (κ3) is 4.21. The molecule has 0 radical (unpaired) electrons. The predicted octanol–water partition coefficient (Wildman–Crippen LogP) is 3.25. The van der Waals surface area contributed by atoms with E-state index in [1.807, 2.05) is 36.5 Å². The molecule has 0 aliphatic rings. The van der Waals surface area contributed by atoms with Crippen LogP contribution in [-0.4, -0.2) is 37.2 Å². The summed E-state index contributed by atoms with van der Waals surface area (Å²) in [6.45, 7) is 0.957. The molecule has 3 rings (SSSR count). The Morgan fingerprint density at radius 2 is 1.88 bits per heavy atom. The number of rotatable bonds is 8. The van der Waals surface area contributed by atoms with Crippen molar-refractivity contribution in [2.75, 3.05) is 12.4 Å². The summed E-state index contributed by atoms with van der Waals surface area (Å²) in [7, 11) is 0. The van der Waals surface area contributed by atoms with Crippen molar-refractivity contribution >= 4 is 11.8 Å². The molecule has 0 aliphatic heterocycles. The number of pyridine rings is 1. The molecule has 0 spiro atoms. The van der Waals surface area contributed by atoms with Crippen molar-refractivity contribution in [3.63, 3.8) is 0 Å². The fourth-order valence-electron chi connectivity index (χ4n) is 2.39. The van der Waals surface area contributed by atoms with Gasteiger partial charge < -0.3 is 5.11 Å². The number of aliphatic hydroxyl groups is 1. The fraction of sp³-hybridized carbons (Fsp3) is 0.278. The molecule has 0 atom stereocenters. The molecule has 0 amide bonds. The van der Waals surface area contributed by atoms with Gasteiger partial charge in [0.05, 0.1) is 6.54 Å². The van der Waals surface area contributed by atoms with Crippen LogP contribution in [0.25, 0.3) is 11.4 Å². The van der Waals surface area contributed by atoms with Crippen molar-refractivity contribution in [2.24, 2.45) is 0 Å². The Balaban J connectivity index is 1.87. The summed E-state index contributed by atoms with van der Waals surface area (Å²) >= 11 is 1.68. The highest BCUT2D eigenvalue weighted by atomic mass is 32.2. The van der Waals surface area contributed by atoms with Gasteiger partial charge in [0.25, 0.3) is 0 Å². The first kappa shape index (κ1) is 16.7. The Kier molecular flexibility index (Phi) is 5.98. The molecule has 0 saturated carbocycles. The second kappa shape index (κ2) is 8.61. The molecular formula is C18H20N4OS. The van der Waals surface area contributed by atoms with Crippen molar-refractivity contribution in [3.8, 4) is 11.4 Å². The zero-order valence-corrected chi connectivity index (χ0v) is 14.2. The van der Waals surface area contributed by atoms with Crippen molar-refractivity contribution in [2.45, 2.75) is 24.5 Å². The highest BCUT2D eigenvalue weighted by molar-refractivity contribution is 7.99. The largest absolute Gasteiger partial charge is 0.396 e. The molecule has 24 heavy (non-hydrogen) atoms. The van der Waals surface area contributed by atoms with E-state index in [9.17, 15) is 0 Å². The lowest BCUT2D eigenvalue weighted by molar-refractivity contribution is 0.287. The van der Waals surface area contributed by atoms with Gasteiger partial charge in [0.1, 0.15) is 0 Å². The molecule has 0 bridgehead atoms. The van der Waals surface area contributed by atoms with Crippen LogP contribution in [0.1, 0.15) is 18.4 Å². The van der Waals surface area contributed by atoms with E-state index in [1.54, 1.807) is 18.0 Å². The van der Waals surface area contributed by atoms with Gasteiger partial charge in [0, 0.05) is 30.3 Å². The molecular weight excluding hydrogens is 320 g/mol. The Morgan fingerprint density at radius 1 is 1.00 bits per heavy atom. The number of unbranched alkanes of at least 4 members (excludes halogenated alkanes) is 1. The molecule has 6 heteroatoms. The molecule has 3 aromatic rings. The number of nitrogens with zero attached hydrogens (tertiary/aromatic N) is 4. The van der Waals surface area contributed by atoms with E-state index in [2.05, 4.69) is 31.9 Å². The zero-order valence-electron chi connectivity index (χ0n) is 13.4. The number of hydrogen-bond donors (Lipinski definition) is 1. The number of aliphatic hydroxyl groups excluding tert-OH is 1. The fourth-order valence-corrected chi connectivity index (χ4v) is 3.33. The van der Waals surface area contributed by atoms with Gasteiger partial charge >= 0.3 is 0 Å². The standard InChI is InChI=1S/C18H20N4OS/c23-11-4-5-12-24-18-21-20-17(16-9-6-10-19-13-16)22(18)14-15-7-2-1-3-8-15/h1-3,6-10,13,23H,4-5,11-12,14H2. The second-order valence-electron chi connectivity index (χ2n) is 5.40.